The van der Waals surface area contributed by atoms with Gasteiger partial charge in [-0.05, 0) is 6.07 Å². The zero-order valence-electron chi connectivity index (χ0n) is 8.03. The summed E-state index contributed by atoms with van der Waals surface area (Å²) >= 11 is 0. The number of methoxy groups -OCH3 is 1. The molecule has 0 aliphatic heterocycles. The number of hydrogen-bond acceptors (Lipinski definition) is 4. The zero-order chi connectivity index (χ0) is 10.8. The van der Waals surface area contributed by atoms with Crippen LogP contribution in [0, 0.1) is 5.82 Å². The molecule has 0 saturated carbocycles. The highest BCUT2D eigenvalue weighted by atomic mass is 19.1. The molecule has 0 atom stereocenters. The summed E-state index contributed by atoms with van der Waals surface area (Å²) < 4.78 is 23.0. The first-order valence-electron chi connectivity index (χ1n) is 4.24. The predicted octanol–water partition coefficient (Wildman–Crippen LogP) is 2.07. The summed E-state index contributed by atoms with van der Waals surface area (Å²) in [6, 6.07) is 2.50. The third-order valence-electron chi connectivity index (χ3n) is 1.99. The van der Waals surface area contributed by atoms with Gasteiger partial charge in [0.05, 0.1) is 18.4 Å². The summed E-state index contributed by atoms with van der Waals surface area (Å²) in [6.07, 6.45) is 2.66. The maximum absolute atomic E-state index is 13.1. The average Bonchev–Trinajstić information content (AvgIpc) is 2.69. The van der Waals surface area contributed by atoms with Crippen molar-refractivity contribution in [2.75, 3.05) is 12.8 Å². The highest BCUT2D eigenvalue weighted by molar-refractivity contribution is 5.74. The smallest absolute Gasteiger partial charge is 0.181 e. The first kappa shape index (κ1) is 9.51. The Hall–Kier alpha value is -2.04. The van der Waals surface area contributed by atoms with Crippen molar-refractivity contribution >= 4 is 5.69 Å². The second-order valence-electron chi connectivity index (χ2n) is 2.95. The van der Waals surface area contributed by atoms with Gasteiger partial charge in [0, 0.05) is 6.07 Å². The molecule has 0 unspecified atom stereocenters. The Morgan fingerprint density at radius 1 is 1.47 bits per heavy atom. The molecular formula is C10H9FN2O2. The molecule has 78 valence electrons. The van der Waals surface area contributed by atoms with Crippen molar-refractivity contribution in [3.63, 3.8) is 0 Å². The van der Waals surface area contributed by atoms with E-state index in [1.165, 1.54) is 31.9 Å². The molecule has 2 rings (SSSR count). The number of aromatic nitrogens is 1. The Balaban J connectivity index is 2.64. The normalized spacial score (nSPS) is 10.3. The monoisotopic (exact) mass is 208 g/mol. The second-order valence-corrected chi connectivity index (χ2v) is 2.95. The van der Waals surface area contributed by atoms with Crippen LogP contribution < -0.4 is 10.5 Å². The molecule has 1 aromatic carbocycles. The number of benzene rings is 1. The first-order valence-corrected chi connectivity index (χ1v) is 4.24. The van der Waals surface area contributed by atoms with Crippen molar-refractivity contribution in [2.24, 2.45) is 0 Å². The topological polar surface area (TPSA) is 61.3 Å². The van der Waals surface area contributed by atoms with Crippen molar-refractivity contribution in [3.8, 4) is 17.0 Å². The average molecular weight is 208 g/mol. The molecule has 0 fully saturated rings. The lowest BCUT2D eigenvalue weighted by atomic mass is 10.1. The molecular weight excluding hydrogens is 199 g/mol. The molecule has 0 amide bonds. The van der Waals surface area contributed by atoms with Crippen molar-refractivity contribution in [2.45, 2.75) is 0 Å². The van der Waals surface area contributed by atoms with Crippen molar-refractivity contribution in [1.29, 1.82) is 0 Å². The molecule has 0 aliphatic carbocycles. The van der Waals surface area contributed by atoms with Crippen LogP contribution in [-0.4, -0.2) is 12.1 Å². The molecule has 1 heterocycles. The number of nitrogens with zero attached hydrogens (tertiary/aromatic N) is 1. The molecule has 15 heavy (non-hydrogen) atoms. The zero-order valence-corrected chi connectivity index (χ0v) is 8.03. The van der Waals surface area contributed by atoms with Gasteiger partial charge in [0.15, 0.2) is 12.1 Å². The van der Waals surface area contributed by atoms with E-state index >= 15 is 0 Å². The standard InChI is InChI=1S/C10H9FN2O2/c1-14-10-7(9-4-15-5-13-9)2-6(11)3-8(10)12/h2-5H,12H2,1H3. The number of halogens is 1. The van der Waals surface area contributed by atoms with Gasteiger partial charge in [0.2, 0.25) is 0 Å². The van der Waals surface area contributed by atoms with Crippen LogP contribution in [0.4, 0.5) is 10.1 Å². The molecule has 0 aliphatic rings. The third kappa shape index (κ3) is 1.63. The molecule has 2 aromatic rings. The van der Waals surface area contributed by atoms with Gasteiger partial charge in [0.25, 0.3) is 0 Å². The highest BCUT2D eigenvalue weighted by Gasteiger charge is 2.13. The van der Waals surface area contributed by atoms with Crippen molar-refractivity contribution in [1.82, 2.24) is 4.98 Å². The number of anilines is 1. The maximum Gasteiger partial charge on any atom is 0.181 e. The fourth-order valence-electron chi connectivity index (χ4n) is 1.38. The van der Waals surface area contributed by atoms with E-state index in [4.69, 9.17) is 14.9 Å². The number of hydrogen-bond donors (Lipinski definition) is 1. The first-order chi connectivity index (χ1) is 7.22. The fraction of sp³-hybridized carbons (Fsp3) is 0.100. The minimum Gasteiger partial charge on any atom is -0.494 e. The Labute approximate surface area is 85.5 Å². The minimum absolute atomic E-state index is 0.232. The van der Waals surface area contributed by atoms with Crippen molar-refractivity contribution in [3.05, 3.63) is 30.6 Å². The number of oxazole rings is 1. The van der Waals surface area contributed by atoms with Crippen LogP contribution in [0.1, 0.15) is 0 Å². The summed E-state index contributed by atoms with van der Waals surface area (Å²) in [5.74, 6) is -0.0448. The molecule has 0 saturated heterocycles. The highest BCUT2D eigenvalue weighted by Crippen LogP contribution is 2.34. The van der Waals surface area contributed by atoms with Crippen LogP contribution in [0.5, 0.6) is 5.75 Å². The number of rotatable bonds is 2. The lowest BCUT2D eigenvalue weighted by molar-refractivity contribution is 0.417. The second kappa shape index (κ2) is 3.61. The van der Waals surface area contributed by atoms with Crippen LogP contribution in [-0.2, 0) is 0 Å². The maximum atomic E-state index is 13.1. The van der Waals surface area contributed by atoms with E-state index in [2.05, 4.69) is 4.98 Å². The Morgan fingerprint density at radius 3 is 2.87 bits per heavy atom. The Kier molecular flexibility index (Phi) is 2.29. The van der Waals surface area contributed by atoms with Crippen LogP contribution in [0.3, 0.4) is 0 Å². The van der Waals surface area contributed by atoms with E-state index in [-0.39, 0.29) is 5.69 Å². The van der Waals surface area contributed by atoms with Gasteiger partial charge < -0.3 is 14.9 Å². The lowest BCUT2D eigenvalue weighted by Crippen LogP contribution is -1.96. The van der Waals surface area contributed by atoms with E-state index in [1.54, 1.807) is 0 Å². The number of nitrogen functional groups attached to an aromatic ring is 1. The summed E-state index contributed by atoms with van der Waals surface area (Å²) in [4.78, 5) is 3.91. The number of nitrogens with two attached hydrogens (primary N) is 1. The number of ether oxygens (including phenoxy) is 1. The van der Waals surface area contributed by atoms with Crippen LogP contribution >= 0.6 is 0 Å². The van der Waals surface area contributed by atoms with Gasteiger partial charge >= 0.3 is 0 Å². The molecule has 2 N–H and O–H groups in total. The quantitative estimate of drug-likeness (QED) is 0.767. The fourth-order valence-corrected chi connectivity index (χ4v) is 1.38. The predicted molar refractivity (Wildman–Crippen MR) is 52.9 cm³/mol. The van der Waals surface area contributed by atoms with Crippen LogP contribution in [0.2, 0.25) is 0 Å². The van der Waals surface area contributed by atoms with Gasteiger partial charge in [-0.3, -0.25) is 0 Å². The van der Waals surface area contributed by atoms with Gasteiger partial charge in [0.1, 0.15) is 17.8 Å². The van der Waals surface area contributed by atoms with E-state index in [0.717, 1.165) is 0 Å². The lowest BCUT2D eigenvalue weighted by Gasteiger charge is -2.08. The summed E-state index contributed by atoms with van der Waals surface area (Å²) in [5.41, 5.74) is 6.81. The van der Waals surface area contributed by atoms with Gasteiger partial charge in [-0.1, -0.05) is 0 Å². The van der Waals surface area contributed by atoms with Crippen molar-refractivity contribution < 1.29 is 13.5 Å². The third-order valence-corrected chi connectivity index (χ3v) is 1.99. The van der Waals surface area contributed by atoms with Gasteiger partial charge in [-0.2, -0.15) is 0 Å². The van der Waals surface area contributed by atoms with Gasteiger partial charge in [-0.25, -0.2) is 9.37 Å². The Bertz CT molecular complexity index is 469. The van der Waals surface area contributed by atoms with E-state index in [1.807, 2.05) is 0 Å². The molecule has 4 nitrogen and oxygen atoms in total. The van der Waals surface area contributed by atoms with E-state index in [9.17, 15) is 4.39 Å². The molecule has 0 radical (unpaired) electrons. The largest absolute Gasteiger partial charge is 0.494 e. The summed E-state index contributed by atoms with van der Waals surface area (Å²) in [5, 5.41) is 0. The van der Waals surface area contributed by atoms with E-state index in [0.29, 0.717) is 17.0 Å². The van der Waals surface area contributed by atoms with Gasteiger partial charge in [-0.15, -0.1) is 0 Å². The van der Waals surface area contributed by atoms with Crippen LogP contribution in [0.15, 0.2) is 29.2 Å². The summed E-state index contributed by atoms with van der Waals surface area (Å²) in [7, 11) is 1.47. The molecule has 1 aromatic heterocycles. The molecule has 0 spiro atoms. The van der Waals surface area contributed by atoms with Crippen LogP contribution in [0.25, 0.3) is 11.3 Å². The minimum atomic E-state index is -0.439. The molecule has 5 heteroatoms. The summed E-state index contributed by atoms with van der Waals surface area (Å²) in [6.45, 7) is 0. The van der Waals surface area contributed by atoms with E-state index < -0.39 is 5.82 Å². The molecule has 0 bridgehead atoms. The SMILES string of the molecule is COc1c(N)cc(F)cc1-c1cocn1. The Morgan fingerprint density at radius 2 is 2.27 bits per heavy atom.